The van der Waals surface area contributed by atoms with Crippen LogP contribution in [0.15, 0.2) is 54.9 Å². The van der Waals surface area contributed by atoms with Gasteiger partial charge in [-0.3, -0.25) is 4.98 Å². The Morgan fingerprint density at radius 1 is 0.950 bits per heavy atom. The molecule has 4 heteroatoms. The van der Waals surface area contributed by atoms with E-state index in [9.17, 15) is 0 Å². The zero-order valence-electron chi connectivity index (χ0n) is 11.3. The highest BCUT2D eigenvalue weighted by atomic mass is 15.1. The number of hydrogen-bond donors (Lipinski definition) is 2. The minimum absolute atomic E-state index is 0.736. The van der Waals surface area contributed by atoms with Crippen molar-refractivity contribution in [3.8, 4) is 0 Å². The van der Waals surface area contributed by atoms with Gasteiger partial charge in [0.05, 0.1) is 12.4 Å². The quantitative estimate of drug-likeness (QED) is 0.752. The van der Waals surface area contributed by atoms with Crippen LogP contribution in [0, 0.1) is 0 Å². The Kier molecular flexibility index (Phi) is 3.46. The summed E-state index contributed by atoms with van der Waals surface area (Å²) in [5.74, 6) is 1.51. The van der Waals surface area contributed by atoms with E-state index >= 15 is 0 Å². The molecule has 1 aromatic heterocycles. The highest BCUT2D eigenvalue weighted by molar-refractivity contribution is 5.95. The van der Waals surface area contributed by atoms with Crippen molar-refractivity contribution in [3.63, 3.8) is 0 Å². The fraction of sp³-hybridized carbons (Fsp3) is 0.125. The number of anilines is 3. The molecule has 1 heterocycles. The van der Waals surface area contributed by atoms with Gasteiger partial charge in [-0.2, -0.15) is 0 Å². The monoisotopic (exact) mass is 264 g/mol. The lowest BCUT2D eigenvalue weighted by molar-refractivity contribution is 1.12. The maximum Gasteiger partial charge on any atom is 0.151 e. The lowest BCUT2D eigenvalue weighted by Gasteiger charge is -2.10. The standard InChI is InChI=1S/C16H16N4/c1-2-18-15-10-17-11-16(20-15)19-14-9-5-7-12-6-3-4-8-13(12)14/h3-11H,2H2,1H3,(H2,18,19,20). The van der Waals surface area contributed by atoms with Crippen LogP contribution >= 0.6 is 0 Å². The van der Waals surface area contributed by atoms with Gasteiger partial charge in [-0.15, -0.1) is 0 Å². The summed E-state index contributed by atoms with van der Waals surface area (Å²) in [6.45, 7) is 2.86. The Morgan fingerprint density at radius 3 is 2.65 bits per heavy atom. The molecule has 0 radical (unpaired) electrons. The molecule has 0 spiro atoms. The van der Waals surface area contributed by atoms with Crippen LogP contribution in [-0.4, -0.2) is 16.5 Å². The van der Waals surface area contributed by atoms with Crippen LogP contribution in [0.25, 0.3) is 10.8 Å². The van der Waals surface area contributed by atoms with Crippen molar-refractivity contribution in [1.29, 1.82) is 0 Å². The normalized spacial score (nSPS) is 10.4. The van der Waals surface area contributed by atoms with Gasteiger partial charge in [0.1, 0.15) is 5.82 Å². The third-order valence-electron chi connectivity index (χ3n) is 3.04. The predicted molar refractivity (Wildman–Crippen MR) is 83.4 cm³/mol. The first-order valence-electron chi connectivity index (χ1n) is 6.67. The van der Waals surface area contributed by atoms with Crippen LogP contribution in [0.4, 0.5) is 17.3 Å². The maximum atomic E-state index is 4.48. The van der Waals surface area contributed by atoms with Gasteiger partial charge < -0.3 is 10.6 Å². The maximum absolute atomic E-state index is 4.48. The van der Waals surface area contributed by atoms with E-state index < -0.39 is 0 Å². The van der Waals surface area contributed by atoms with E-state index in [1.54, 1.807) is 12.4 Å². The molecule has 2 N–H and O–H groups in total. The van der Waals surface area contributed by atoms with Crippen molar-refractivity contribution >= 4 is 28.1 Å². The molecule has 3 aromatic rings. The van der Waals surface area contributed by atoms with Gasteiger partial charge in [0.2, 0.25) is 0 Å². The highest BCUT2D eigenvalue weighted by Crippen LogP contribution is 2.25. The van der Waals surface area contributed by atoms with Crippen molar-refractivity contribution in [2.75, 3.05) is 17.2 Å². The van der Waals surface area contributed by atoms with E-state index in [2.05, 4.69) is 38.8 Å². The number of benzene rings is 2. The first-order valence-corrected chi connectivity index (χ1v) is 6.67. The van der Waals surface area contributed by atoms with Crippen LogP contribution < -0.4 is 10.6 Å². The molecule has 0 amide bonds. The molecule has 0 aliphatic carbocycles. The van der Waals surface area contributed by atoms with E-state index in [0.29, 0.717) is 0 Å². The minimum atomic E-state index is 0.736. The Labute approximate surface area is 117 Å². The van der Waals surface area contributed by atoms with Crippen LogP contribution in [-0.2, 0) is 0 Å². The van der Waals surface area contributed by atoms with Gasteiger partial charge in [0, 0.05) is 17.6 Å². The van der Waals surface area contributed by atoms with E-state index in [1.165, 1.54) is 10.8 Å². The van der Waals surface area contributed by atoms with Crippen molar-refractivity contribution in [3.05, 3.63) is 54.9 Å². The molecule has 0 saturated heterocycles. The number of aromatic nitrogens is 2. The molecule has 0 atom stereocenters. The van der Waals surface area contributed by atoms with Gasteiger partial charge in [0.15, 0.2) is 5.82 Å². The molecule has 0 aliphatic rings. The molecule has 3 rings (SSSR count). The molecular weight excluding hydrogens is 248 g/mol. The number of nitrogens with one attached hydrogen (secondary N) is 2. The van der Waals surface area contributed by atoms with E-state index in [4.69, 9.17) is 0 Å². The third-order valence-corrected chi connectivity index (χ3v) is 3.04. The summed E-state index contributed by atoms with van der Waals surface area (Å²) in [4.78, 5) is 8.67. The SMILES string of the molecule is CCNc1cncc(Nc2cccc3ccccc23)n1. The average molecular weight is 264 g/mol. The molecular formula is C16H16N4. The van der Waals surface area contributed by atoms with Gasteiger partial charge in [0.25, 0.3) is 0 Å². The Morgan fingerprint density at radius 2 is 1.75 bits per heavy atom. The molecule has 0 unspecified atom stereocenters. The van der Waals surface area contributed by atoms with Crippen LogP contribution in [0.1, 0.15) is 6.92 Å². The van der Waals surface area contributed by atoms with E-state index in [1.807, 2.05) is 31.2 Å². The van der Waals surface area contributed by atoms with Crippen molar-refractivity contribution in [2.24, 2.45) is 0 Å². The van der Waals surface area contributed by atoms with Crippen molar-refractivity contribution < 1.29 is 0 Å². The Hall–Kier alpha value is -2.62. The van der Waals surface area contributed by atoms with Gasteiger partial charge in [-0.25, -0.2) is 4.98 Å². The molecule has 0 saturated carbocycles. The fourth-order valence-electron chi connectivity index (χ4n) is 2.16. The number of nitrogens with zero attached hydrogens (tertiary/aromatic N) is 2. The van der Waals surface area contributed by atoms with Crippen LogP contribution in [0.3, 0.4) is 0 Å². The van der Waals surface area contributed by atoms with Crippen molar-refractivity contribution in [1.82, 2.24) is 9.97 Å². The van der Waals surface area contributed by atoms with Crippen molar-refractivity contribution in [2.45, 2.75) is 6.92 Å². The molecule has 2 aromatic carbocycles. The second-order valence-corrected chi connectivity index (χ2v) is 4.47. The van der Waals surface area contributed by atoms with Crippen LogP contribution in [0.2, 0.25) is 0 Å². The Balaban J connectivity index is 1.95. The van der Waals surface area contributed by atoms with Gasteiger partial charge in [-0.05, 0) is 18.4 Å². The van der Waals surface area contributed by atoms with Gasteiger partial charge >= 0.3 is 0 Å². The van der Waals surface area contributed by atoms with Crippen LogP contribution in [0.5, 0.6) is 0 Å². The molecule has 0 aliphatic heterocycles. The number of hydrogen-bond acceptors (Lipinski definition) is 4. The fourth-order valence-corrected chi connectivity index (χ4v) is 2.16. The summed E-state index contributed by atoms with van der Waals surface area (Å²) in [6.07, 6.45) is 3.44. The summed E-state index contributed by atoms with van der Waals surface area (Å²) in [7, 11) is 0. The largest absolute Gasteiger partial charge is 0.369 e. The van der Waals surface area contributed by atoms with Gasteiger partial charge in [-0.1, -0.05) is 36.4 Å². The van der Waals surface area contributed by atoms with E-state index in [0.717, 1.165) is 23.9 Å². The zero-order valence-corrected chi connectivity index (χ0v) is 11.3. The summed E-state index contributed by atoms with van der Waals surface area (Å²) >= 11 is 0. The lowest BCUT2D eigenvalue weighted by atomic mass is 10.1. The first kappa shape index (κ1) is 12.4. The smallest absolute Gasteiger partial charge is 0.151 e. The molecule has 0 fully saturated rings. The minimum Gasteiger partial charge on any atom is -0.369 e. The second-order valence-electron chi connectivity index (χ2n) is 4.47. The lowest BCUT2D eigenvalue weighted by Crippen LogP contribution is -2.02. The summed E-state index contributed by atoms with van der Waals surface area (Å²) in [6, 6.07) is 14.4. The first-order chi connectivity index (χ1) is 9.86. The highest BCUT2D eigenvalue weighted by Gasteiger charge is 2.02. The average Bonchev–Trinajstić information content (AvgIpc) is 2.48. The predicted octanol–water partition coefficient (Wildman–Crippen LogP) is 3.81. The summed E-state index contributed by atoms with van der Waals surface area (Å²) < 4.78 is 0. The van der Waals surface area contributed by atoms with E-state index in [-0.39, 0.29) is 0 Å². The number of fused-ring (bicyclic) bond motifs is 1. The molecule has 0 bridgehead atoms. The molecule has 20 heavy (non-hydrogen) atoms. The zero-order chi connectivity index (χ0) is 13.8. The topological polar surface area (TPSA) is 49.8 Å². The Bertz CT molecular complexity index is 719. The summed E-state index contributed by atoms with van der Waals surface area (Å²) in [5.41, 5.74) is 1.03. The second kappa shape index (κ2) is 5.57. The molecule has 4 nitrogen and oxygen atoms in total. The molecule has 100 valence electrons. The third kappa shape index (κ3) is 2.54. The summed E-state index contributed by atoms with van der Waals surface area (Å²) in [5, 5.41) is 8.86. The number of rotatable bonds is 4.